The molecule has 1 fully saturated rings. The zero-order valence-corrected chi connectivity index (χ0v) is 13.1. The van der Waals surface area contributed by atoms with E-state index in [2.05, 4.69) is 5.32 Å². The standard InChI is InChI=1S/C17H20F3NO3/c18-17(19,20)13-8-6-11(7-9-13)10-14(22)21-15(16(23)24)12-4-2-1-3-5-12/h6-9,12,15H,1-5,10H2,(H,21,22)(H,23,24)/t15-/m1/s1. The van der Waals surface area contributed by atoms with Crippen molar-refractivity contribution in [3.63, 3.8) is 0 Å². The van der Waals surface area contributed by atoms with Crippen molar-refractivity contribution in [1.29, 1.82) is 0 Å². The summed E-state index contributed by atoms with van der Waals surface area (Å²) in [7, 11) is 0. The quantitative estimate of drug-likeness (QED) is 0.861. The molecule has 1 atom stereocenters. The van der Waals surface area contributed by atoms with Gasteiger partial charge < -0.3 is 10.4 Å². The summed E-state index contributed by atoms with van der Waals surface area (Å²) < 4.78 is 37.5. The smallest absolute Gasteiger partial charge is 0.416 e. The lowest BCUT2D eigenvalue weighted by atomic mass is 9.84. The molecule has 4 nitrogen and oxygen atoms in total. The van der Waals surface area contributed by atoms with Crippen LogP contribution in [0.5, 0.6) is 0 Å². The molecule has 132 valence electrons. The molecule has 0 bridgehead atoms. The summed E-state index contributed by atoms with van der Waals surface area (Å²) in [5.74, 6) is -1.65. The molecule has 1 aromatic carbocycles. The Balaban J connectivity index is 1.96. The maximum absolute atomic E-state index is 12.5. The van der Waals surface area contributed by atoms with E-state index in [0.717, 1.165) is 44.2 Å². The van der Waals surface area contributed by atoms with Crippen LogP contribution in [0.1, 0.15) is 43.2 Å². The number of halogens is 3. The van der Waals surface area contributed by atoms with Crippen molar-refractivity contribution < 1.29 is 27.9 Å². The average molecular weight is 343 g/mol. The van der Waals surface area contributed by atoms with Gasteiger partial charge in [-0.3, -0.25) is 4.79 Å². The molecule has 1 amide bonds. The topological polar surface area (TPSA) is 66.4 Å². The summed E-state index contributed by atoms with van der Waals surface area (Å²) in [5.41, 5.74) is -0.370. The normalized spacial score (nSPS) is 17.3. The van der Waals surface area contributed by atoms with E-state index in [9.17, 15) is 27.9 Å². The summed E-state index contributed by atoms with van der Waals surface area (Å²) in [4.78, 5) is 23.5. The zero-order valence-electron chi connectivity index (χ0n) is 13.1. The number of hydrogen-bond acceptors (Lipinski definition) is 2. The molecule has 2 rings (SSSR count). The summed E-state index contributed by atoms with van der Waals surface area (Å²) in [6.45, 7) is 0. The van der Waals surface area contributed by atoms with Gasteiger partial charge in [0.1, 0.15) is 6.04 Å². The monoisotopic (exact) mass is 343 g/mol. The van der Waals surface area contributed by atoms with Gasteiger partial charge >= 0.3 is 12.1 Å². The molecule has 0 heterocycles. The maximum Gasteiger partial charge on any atom is 0.416 e. The number of hydrogen-bond donors (Lipinski definition) is 2. The Kier molecular flexibility index (Phi) is 5.85. The van der Waals surface area contributed by atoms with Gasteiger partial charge in [-0.2, -0.15) is 13.2 Å². The van der Waals surface area contributed by atoms with Crippen LogP contribution in [0.25, 0.3) is 0 Å². The first-order valence-corrected chi connectivity index (χ1v) is 7.95. The van der Waals surface area contributed by atoms with E-state index in [1.807, 2.05) is 0 Å². The second-order valence-electron chi connectivity index (χ2n) is 6.15. The first-order valence-electron chi connectivity index (χ1n) is 7.95. The van der Waals surface area contributed by atoms with Crippen molar-refractivity contribution in [1.82, 2.24) is 5.32 Å². The fourth-order valence-corrected chi connectivity index (χ4v) is 3.07. The predicted molar refractivity (Wildman–Crippen MR) is 81.3 cm³/mol. The van der Waals surface area contributed by atoms with Gasteiger partial charge in [0.05, 0.1) is 12.0 Å². The third-order valence-electron chi connectivity index (χ3n) is 4.35. The van der Waals surface area contributed by atoms with Crippen molar-refractivity contribution in [2.75, 3.05) is 0 Å². The fraction of sp³-hybridized carbons (Fsp3) is 0.529. The Morgan fingerprint density at radius 3 is 2.21 bits per heavy atom. The summed E-state index contributed by atoms with van der Waals surface area (Å²) in [6.07, 6.45) is -0.0748. The summed E-state index contributed by atoms with van der Waals surface area (Å²) in [6, 6.07) is 3.36. The highest BCUT2D eigenvalue weighted by molar-refractivity contribution is 5.85. The van der Waals surface area contributed by atoms with Crippen LogP contribution in [-0.2, 0) is 22.2 Å². The van der Waals surface area contributed by atoms with Crippen LogP contribution < -0.4 is 5.32 Å². The van der Waals surface area contributed by atoms with Gasteiger partial charge in [-0.25, -0.2) is 4.79 Å². The van der Waals surface area contributed by atoms with Crippen LogP contribution in [0.2, 0.25) is 0 Å². The number of carbonyl (C=O) groups is 2. The van der Waals surface area contributed by atoms with E-state index >= 15 is 0 Å². The third-order valence-corrected chi connectivity index (χ3v) is 4.35. The molecule has 0 aromatic heterocycles. The first kappa shape index (κ1) is 18.3. The highest BCUT2D eigenvalue weighted by Gasteiger charge is 2.31. The van der Waals surface area contributed by atoms with E-state index in [1.165, 1.54) is 12.1 Å². The molecule has 0 radical (unpaired) electrons. The average Bonchev–Trinajstić information content (AvgIpc) is 2.53. The Morgan fingerprint density at radius 1 is 1.12 bits per heavy atom. The highest BCUT2D eigenvalue weighted by Crippen LogP contribution is 2.29. The predicted octanol–water partition coefficient (Wildman–Crippen LogP) is 3.40. The van der Waals surface area contributed by atoms with Crippen molar-refractivity contribution in [2.24, 2.45) is 5.92 Å². The molecule has 1 aliphatic rings. The lowest BCUT2D eigenvalue weighted by Gasteiger charge is -2.28. The van der Waals surface area contributed by atoms with E-state index < -0.39 is 29.7 Å². The van der Waals surface area contributed by atoms with Crippen LogP contribution in [0.15, 0.2) is 24.3 Å². The largest absolute Gasteiger partial charge is 0.480 e. The summed E-state index contributed by atoms with van der Waals surface area (Å²) >= 11 is 0. The van der Waals surface area contributed by atoms with Gasteiger partial charge in [0.2, 0.25) is 5.91 Å². The fourth-order valence-electron chi connectivity index (χ4n) is 3.07. The lowest BCUT2D eigenvalue weighted by molar-refractivity contribution is -0.143. The van der Waals surface area contributed by atoms with E-state index in [4.69, 9.17) is 0 Å². The van der Waals surface area contributed by atoms with Gasteiger partial charge in [-0.05, 0) is 36.5 Å². The number of aliphatic carboxylic acids is 1. The van der Waals surface area contributed by atoms with Crippen molar-refractivity contribution >= 4 is 11.9 Å². The second kappa shape index (κ2) is 7.68. The molecule has 1 aromatic rings. The number of carbonyl (C=O) groups excluding carboxylic acids is 1. The van der Waals surface area contributed by atoms with Crippen LogP contribution in [-0.4, -0.2) is 23.0 Å². The Morgan fingerprint density at radius 2 is 1.71 bits per heavy atom. The van der Waals surface area contributed by atoms with Crippen molar-refractivity contribution in [2.45, 2.75) is 50.7 Å². The molecule has 1 saturated carbocycles. The van der Waals surface area contributed by atoms with Crippen molar-refractivity contribution in [3.8, 4) is 0 Å². The SMILES string of the molecule is O=C(Cc1ccc(C(F)(F)F)cc1)N[C@@H](C(=O)O)C1CCCCC1. The Bertz CT molecular complexity index is 578. The van der Waals surface area contributed by atoms with Gasteiger partial charge in [0, 0.05) is 0 Å². The van der Waals surface area contributed by atoms with Crippen LogP contribution in [0.3, 0.4) is 0 Å². The molecule has 2 N–H and O–H groups in total. The van der Waals surface area contributed by atoms with Gasteiger partial charge in [0.25, 0.3) is 0 Å². The van der Waals surface area contributed by atoms with Crippen LogP contribution in [0.4, 0.5) is 13.2 Å². The molecule has 24 heavy (non-hydrogen) atoms. The minimum Gasteiger partial charge on any atom is -0.480 e. The number of rotatable bonds is 5. The van der Waals surface area contributed by atoms with Gasteiger partial charge in [-0.15, -0.1) is 0 Å². The molecule has 7 heteroatoms. The molecular formula is C17H20F3NO3. The summed E-state index contributed by atoms with van der Waals surface area (Å²) in [5, 5.41) is 11.8. The highest BCUT2D eigenvalue weighted by atomic mass is 19.4. The van der Waals surface area contributed by atoms with Crippen molar-refractivity contribution in [3.05, 3.63) is 35.4 Å². The molecule has 0 unspecified atom stereocenters. The number of carboxylic acid groups (broad SMARTS) is 1. The number of amides is 1. The lowest BCUT2D eigenvalue weighted by Crippen LogP contribution is -2.47. The number of carboxylic acids is 1. The van der Waals surface area contributed by atoms with Crippen LogP contribution in [0, 0.1) is 5.92 Å². The minimum absolute atomic E-state index is 0.0900. The maximum atomic E-state index is 12.5. The number of alkyl halides is 3. The molecule has 1 aliphatic carbocycles. The molecule has 0 spiro atoms. The Hall–Kier alpha value is -2.05. The van der Waals surface area contributed by atoms with E-state index in [1.54, 1.807) is 0 Å². The zero-order chi connectivity index (χ0) is 17.7. The molecule has 0 aliphatic heterocycles. The minimum atomic E-state index is -4.42. The van der Waals surface area contributed by atoms with Crippen LogP contribution >= 0.6 is 0 Å². The molecular weight excluding hydrogens is 323 g/mol. The van der Waals surface area contributed by atoms with Gasteiger partial charge in [0.15, 0.2) is 0 Å². The number of nitrogens with one attached hydrogen (secondary N) is 1. The Labute approximate surface area is 138 Å². The first-order chi connectivity index (χ1) is 11.3. The van der Waals surface area contributed by atoms with Gasteiger partial charge in [-0.1, -0.05) is 31.4 Å². The second-order valence-corrected chi connectivity index (χ2v) is 6.15. The third kappa shape index (κ3) is 4.97. The van der Waals surface area contributed by atoms with E-state index in [0.29, 0.717) is 5.56 Å². The van der Waals surface area contributed by atoms with E-state index in [-0.39, 0.29) is 12.3 Å². The number of benzene rings is 1. The molecule has 0 saturated heterocycles.